The van der Waals surface area contributed by atoms with E-state index in [9.17, 15) is 9.59 Å². The Morgan fingerprint density at radius 1 is 1.17 bits per heavy atom. The van der Waals surface area contributed by atoms with Crippen molar-refractivity contribution in [3.63, 3.8) is 0 Å². The maximum absolute atomic E-state index is 12.3. The highest BCUT2D eigenvalue weighted by Gasteiger charge is 2.11. The van der Waals surface area contributed by atoms with Crippen molar-refractivity contribution in [1.82, 2.24) is 4.90 Å². The van der Waals surface area contributed by atoms with Crippen molar-refractivity contribution >= 4 is 29.4 Å². The number of carbonyl (C=O) groups is 2. The molecule has 0 bridgehead atoms. The van der Waals surface area contributed by atoms with Crippen LogP contribution < -0.4 is 11.1 Å². The van der Waals surface area contributed by atoms with Gasteiger partial charge in [-0.2, -0.15) is 0 Å². The van der Waals surface area contributed by atoms with Crippen LogP contribution in [0.25, 0.3) is 0 Å². The third-order valence-corrected chi connectivity index (χ3v) is 4.41. The van der Waals surface area contributed by atoms with E-state index in [0.717, 1.165) is 11.1 Å². The molecule has 0 aromatic heterocycles. The Labute approximate surface area is 146 Å². The number of primary amides is 1. The second-order valence-electron chi connectivity index (χ2n) is 5.53. The topological polar surface area (TPSA) is 75.4 Å². The highest BCUT2D eigenvalue weighted by molar-refractivity contribution is 7.98. The first-order valence-electron chi connectivity index (χ1n) is 7.46. The Hall–Kier alpha value is -2.47. The van der Waals surface area contributed by atoms with Gasteiger partial charge in [0.2, 0.25) is 5.91 Å². The average Bonchev–Trinajstić information content (AvgIpc) is 2.55. The predicted molar refractivity (Wildman–Crippen MR) is 98.4 cm³/mol. The van der Waals surface area contributed by atoms with Gasteiger partial charge in [-0.15, -0.1) is 11.8 Å². The molecule has 24 heavy (non-hydrogen) atoms. The zero-order valence-electron chi connectivity index (χ0n) is 14.0. The minimum absolute atomic E-state index is 0.213. The molecule has 0 spiro atoms. The Bertz CT molecular complexity index is 744. The van der Waals surface area contributed by atoms with E-state index in [1.807, 2.05) is 30.5 Å². The Balaban J connectivity index is 2.00. The largest absolute Gasteiger partial charge is 0.366 e. The number of anilines is 1. The molecule has 126 valence electrons. The van der Waals surface area contributed by atoms with Gasteiger partial charge < -0.3 is 16.0 Å². The smallest absolute Gasteiger partial charge is 0.321 e. The maximum atomic E-state index is 12.3. The average molecular weight is 343 g/mol. The van der Waals surface area contributed by atoms with E-state index in [1.54, 1.807) is 48.8 Å². The number of benzene rings is 2. The third-order valence-electron chi connectivity index (χ3n) is 3.67. The minimum Gasteiger partial charge on any atom is -0.366 e. The van der Waals surface area contributed by atoms with Crippen LogP contribution in [0.2, 0.25) is 0 Å². The highest BCUT2D eigenvalue weighted by atomic mass is 32.2. The van der Waals surface area contributed by atoms with Crippen LogP contribution in [0.3, 0.4) is 0 Å². The van der Waals surface area contributed by atoms with E-state index in [2.05, 4.69) is 5.32 Å². The zero-order valence-corrected chi connectivity index (χ0v) is 14.8. The lowest BCUT2D eigenvalue weighted by Gasteiger charge is -2.18. The van der Waals surface area contributed by atoms with E-state index in [-0.39, 0.29) is 6.03 Å². The molecular weight excluding hydrogens is 322 g/mol. The second-order valence-corrected chi connectivity index (χ2v) is 6.41. The van der Waals surface area contributed by atoms with Crippen molar-refractivity contribution in [2.75, 3.05) is 18.6 Å². The number of hydrogen-bond acceptors (Lipinski definition) is 3. The molecule has 3 amide bonds. The zero-order chi connectivity index (χ0) is 17.7. The summed E-state index contributed by atoms with van der Waals surface area (Å²) in [5.74, 6) is -0.476. The number of nitrogens with one attached hydrogen (secondary N) is 1. The summed E-state index contributed by atoms with van der Waals surface area (Å²) >= 11 is 1.68. The van der Waals surface area contributed by atoms with Crippen LogP contribution in [0, 0.1) is 6.92 Å². The summed E-state index contributed by atoms with van der Waals surface area (Å²) in [6.07, 6.45) is 2.03. The molecule has 0 saturated carbocycles. The summed E-state index contributed by atoms with van der Waals surface area (Å²) in [4.78, 5) is 26.3. The van der Waals surface area contributed by atoms with Crippen LogP contribution in [0.1, 0.15) is 21.5 Å². The molecule has 0 aliphatic rings. The molecule has 2 aromatic rings. The number of amides is 3. The number of hydrogen-bond donors (Lipinski definition) is 2. The minimum atomic E-state index is -0.476. The lowest BCUT2D eigenvalue weighted by atomic mass is 10.1. The van der Waals surface area contributed by atoms with Gasteiger partial charge in [0, 0.05) is 29.7 Å². The van der Waals surface area contributed by atoms with Crippen LogP contribution in [0.5, 0.6) is 0 Å². The summed E-state index contributed by atoms with van der Waals surface area (Å²) < 4.78 is 0. The van der Waals surface area contributed by atoms with Gasteiger partial charge in [-0.05, 0) is 54.6 Å². The number of carbonyl (C=O) groups excluding carboxylic acids is 2. The highest BCUT2D eigenvalue weighted by Crippen LogP contribution is 2.17. The lowest BCUT2D eigenvalue weighted by molar-refractivity contribution is 0.0999. The fourth-order valence-electron chi connectivity index (χ4n) is 2.31. The molecular formula is C18H21N3O2S. The molecule has 0 fully saturated rings. The van der Waals surface area contributed by atoms with E-state index < -0.39 is 5.91 Å². The van der Waals surface area contributed by atoms with Gasteiger partial charge in [0.25, 0.3) is 0 Å². The molecule has 3 N–H and O–H groups in total. The van der Waals surface area contributed by atoms with Crippen molar-refractivity contribution < 1.29 is 9.59 Å². The van der Waals surface area contributed by atoms with Crippen LogP contribution in [-0.4, -0.2) is 30.1 Å². The van der Waals surface area contributed by atoms with Gasteiger partial charge in [0.15, 0.2) is 0 Å². The number of thioether (sulfide) groups is 1. The molecule has 0 heterocycles. The van der Waals surface area contributed by atoms with Crippen molar-refractivity contribution in [1.29, 1.82) is 0 Å². The van der Waals surface area contributed by atoms with E-state index >= 15 is 0 Å². The summed E-state index contributed by atoms with van der Waals surface area (Å²) in [6, 6.07) is 12.9. The van der Waals surface area contributed by atoms with Crippen LogP contribution in [-0.2, 0) is 6.54 Å². The van der Waals surface area contributed by atoms with Gasteiger partial charge in [-0.1, -0.05) is 12.1 Å². The fraction of sp³-hybridized carbons (Fsp3) is 0.222. The molecule has 0 aliphatic carbocycles. The summed E-state index contributed by atoms with van der Waals surface area (Å²) in [5.41, 5.74) is 8.16. The number of rotatable bonds is 5. The van der Waals surface area contributed by atoms with E-state index in [1.165, 1.54) is 4.90 Å². The van der Waals surface area contributed by atoms with Crippen molar-refractivity contribution in [3.8, 4) is 0 Å². The van der Waals surface area contributed by atoms with Gasteiger partial charge in [-0.25, -0.2) is 4.79 Å². The third kappa shape index (κ3) is 4.52. The van der Waals surface area contributed by atoms with Crippen LogP contribution in [0.15, 0.2) is 47.4 Å². The summed E-state index contributed by atoms with van der Waals surface area (Å²) in [5, 5.41) is 2.82. The van der Waals surface area contributed by atoms with Crippen LogP contribution in [0.4, 0.5) is 10.5 Å². The van der Waals surface area contributed by atoms with Crippen molar-refractivity contribution in [2.45, 2.75) is 18.4 Å². The maximum Gasteiger partial charge on any atom is 0.321 e. The Morgan fingerprint density at radius 2 is 1.83 bits per heavy atom. The summed E-state index contributed by atoms with van der Waals surface area (Å²) in [6.45, 7) is 2.30. The molecule has 2 aromatic carbocycles. The molecule has 2 rings (SSSR count). The second kappa shape index (κ2) is 7.88. The molecule has 0 atom stereocenters. The van der Waals surface area contributed by atoms with Gasteiger partial charge in [-0.3, -0.25) is 4.79 Å². The number of nitrogens with zero attached hydrogens (tertiary/aromatic N) is 1. The molecule has 0 saturated heterocycles. The Kier molecular flexibility index (Phi) is 5.87. The van der Waals surface area contributed by atoms with Gasteiger partial charge >= 0.3 is 6.03 Å². The standard InChI is InChI=1S/C18H21N3O2S/c1-12-10-14(6-9-16(12)17(19)22)20-18(23)21(2)11-13-4-7-15(24-3)8-5-13/h4-10H,11H2,1-3H3,(H2,19,22)(H,20,23). The quantitative estimate of drug-likeness (QED) is 0.816. The van der Waals surface area contributed by atoms with E-state index in [4.69, 9.17) is 5.73 Å². The lowest BCUT2D eigenvalue weighted by Crippen LogP contribution is -2.30. The normalized spacial score (nSPS) is 10.3. The number of urea groups is 1. The van der Waals surface area contributed by atoms with Crippen molar-refractivity contribution in [2.24, 2.45) is 5.73 Å². The van der Waals surface area contributed by atoms with Gasteiger partial charge in [0.1, 0.15) is 0 Å². The van der Waals surface area contributed by atoms with E-state index in [0.29, 0.717) is 17.8 Å². The molecule has 5 nitrogen and oxygen atoms in total. The van der Waals surface area contributed by atoms with Crippen molar-refractivity contribution in [3.05, 3.63) is 59.2 Å². The molecule has 0 aliphatic heterocycles. The number of aryl methyl sites for hydroxylation is 1. The SMILES string of the molecule is CSc1ccc(CN(C)C(=O)Nc2ccc(C(N)=O)c(C)c2)cc1. The first-order chi connectivity index (χ1) is 11.4. The predicted octanol–water partition coefficient (Wildman–Crippen LogP) is 3.48. The monoisotopic (exact) mass is 343 g/mol. The van der Waals surface area contributed by atoms with Crippen LogP contribution >= 0.6 is 11.8 Å². The first kappa shape index (κ1) is 17.9. The van der Waals surface area contributed by atoms with Gasteiger partial charge in [0.05, 0.1) is 0 Å². The molecule has 0 unspecified atom stereocenters. The first-order valence-corrected chi connectivity index (χ1v) is 8.68. The molecule has 0 radical (unpaired) electrons. The Morgan fingerprint density at radius 3 is 2.38 bits per heavy atom. The summed E-state index contributed by atoms with van der Waals surface area (Å²) in [7, 11) is 1.74. The number of nitrogens with two attached hydrogens (primary N) is 1. The fourth-order valence-corrected chi connectivity index (χ4v) is 2.72. The molecule has 6 heteroatoms.